The van der Waals surface area contributed by atoms with Crippen LogP contribution in [0.15, 0.2) is 53.7 Å². The van der Waals surface area contributed by atoms with E-state index in [1.54, 1.807) is 6.92 Å². The van der Waals surface area contributed by atoms with Crippen molar-refractivity contribution in [3.05, 3.63) is 82.5 Å². The number of aromatic hydroxyl groups is 1. The monoisotopic (exact) mass is 556 g/mol. The summed E-state index contributed by atoms with van der Waals surface area (Å²) in [5, 5.41) is 31.3. The van der Waals surface area contributed by atoms with Crippen molar-refractivity contribution in [2.45, 2.75) is 50.5 Å². The molecular formula is C27H30F2N6O3S. The summed E-state index contributed by atoms with van der Waals surface area (Å²) >= 11 is 1.03. The molecular weight excluding hydrogens is 526 g/mol. The van der Waals surface area contributed by atoms with E-state index in [1.807, 2.05) is 18.2 Å². The largest absolute Gasteiger partial charge is 0.493 e. The maximum Gasteiger partial charge on any atom is 0.256 e. The molecule has 2 atom stereocenters. The molecule has 0 saturated heterocycles. The fraction of sp³-hybridized carbons (Fsp3) is 0.333. The van der Waals surface area contributed by atoms with Gasteiger partial charge in [-0.25, -0.2) is 13.8 Å². The fourth-order valence-corrected chi connectivity index (χ4v) is 4.75. The summed E-state index contributed by atoms with van der Waals surface area (Å²) in [5.41, 5.74) is 3.13. The zero-order valence-corrected chi connectivity index (χ0v) is 22.4. The van der Waals surface area contributed by atoms with Crippen LogP contribution in [0.3, 0.4) is 0 Å². The number of benzene rings is 2. The molecule has 12 heteroatoms. The van der Waals surface area contributed by atoms with Crippen molar-refractivity contribution < 1.29 is 23.8 Å². The quantitative estimate of drug-likeness (QED) is 0.196. The lowest BCUT2D eigenvalue weighted by molar-refractivity contribution is -0.120. The first kappa shape index (κ1) is 28.4. The van der Waals surface area contributed by atoms with E-state index >= 15 is 0 Å². The number of carbonyl (C=O) groups excluding carboxylic acids is 1. The molecule has 206 valence electrons. The van der Waals surface area contributed by atoms with E-state index in [0.717, 1.165) is 29.8 Å². The van der Waals surface area contributed by atoms with Crippen LogP contribution in [0.2, 0.25) is 0 Å². The summed E-state index contributed by atoms with van der Waals surface area (Å²) in [4.78, 5) is 21.2. The van der Waals surface area contributed by atoms with Crippen LogP contribution in [0.4, 0.5) is 8.78 Å². The number of aryl methyl sites for hydroxylation is 2. The first-order valence-corrected chi connectivity index (χ1v) is 13.5. The summed E-state index contributed by atoms with van der Waals surface area (Å²) in [7, 11) is 0. The lowest BCUT2D eigenvalue weighted by Crippen LogP contribution is -2.49. The van der Waals surface area contributed by atoms with E-state index in [2.05, 4.69) is 38.7 Å². The Kier molecular flexibility index (Phi) is 9.44. The number of fused-ring (bicyclic) bond motifs is 1. The van der Waals surface area contributed by atoms with Gasteiger partial charge in [0.1, 0.15) is 11.6 Å². The van der Waals surface area contributed by atoms with Crippen LogP contribution in [0.5, 0.6) is 5.88 Å². The standard InChI is InChI=1S/C27H30F2N6O3S/c1-3-17-5-4-6-18(8-17)13-30-14-23(36)22(11-19-9-20(28)12-21(29)10-19)32-24(37)15-39-27-33-26-31-16(2)7-25(38)35(26)34-27/h4-10,12,22-23,30,36,38H,3,11,13-15H2,1-2H3,(H,32,37)/t22-,23+/m0/s1. The molecule has 0 unspecified atom stereocenters. The Morgan fingerprint density at radius 1 is 1.08 bits per heavy atom. The van der Waals surface area contributed by atoms with Crippen molar-refractivity contribution in [3.63, 3.8) is 0 Å². The van der Waals surface area contributed by atoms with Crippen molar-refractivity contribution in [2.75, 3.05) is 12.3 Å². The second kappa shape index (κ2) is 13.0. The normalized spacial score (nSPS) is 12.9. The highest BCUT2D eigenvalue weighted by Crippen LogP contribution is 2.18. The maximum absolute atomic E-state index is 13.8. The van der Waals surface area contributed by atoms with Crippen molar-refractivity contribution >= 4 is 23.4 Å². The van der Waals surface area contributed by atoms with E-state index < -0.39 is 29.7 Å². The van der Waals surface area contributed by atoms with Crippen molar-refractivity contribution in [1.29, 1.82) is 0 Å². The molecule has 0 aliphatic carbocycles. The summed E-state index contributed by atoms with van der Waals surface area (Å²) in [6, 6.07) is 11.8. The number of hydrogen-bond donors (Lipinski definition) is 4. The van der Waals surface area contributed by atoms with Gasteiger partial charge in [0.2, 0.25) is 16.9 Å². The van der Waals surface area contributed by atoms with Gasteiger partial charge >= 0.3 is 0 Å². The second-order valence-corrected chi connectivity index (χ2v) is 10.1. The molecule has 0 radical (unpaired) electrons. The number of thioether (sulfide) groups is 1. The first-order valence-electron chi connectivity index (χ1n) is 12.5. The van der Waals surface area contributed by atoms with E-state index in [1.165, 1.54) is 28.3 Å². The van der Waals surface area contributed by atoms with E-state index in [4.69, 9.17) is 0 Å². The topological polar surface area (TPSA) is 125 Å². The molecule has 2 aromatic heterocycles. The third kappa shape index (κ3) is 7.94. The first-order chi connectivity index (χ1) is 18.7. The van der Waals surface area contributed by atoms with E-state index in [-0.39, 0.29) is 35.5 Å². The predicted octanol–water partition coefficient (Wildman–Crippen LogP) is 2.95. The Hall–Kier alpha value is -3.61. The Balaban J connectivity index is 1.40. The van der Waals surface area contributed by atoms with Gasteiger partial charge in [0.05, 0.1) is 17.9 Å². The number of rotatable bonds is 12. The number of hydrogen-bond acceptors (Lipinski definition) is 8. The molecule has 9 nitrogen and oxygen atoms in total. The SMILES string of the molecule is CCc1cccc(CNC[C@@H](O)[C@H](Cc2cc(F)cc(F)c2)NC(=O)CSc2nc3nc(C)cc(O)n3n2)c1. The maximum atomic E-state index is 13.8. The highest BCUT2D eigenvalue weighted by molar-refractivity contribution is 7.99. The molecule has 4 aromatic rings. The fourth-order valence-electron chi connectivity index (χ4n) is 4.12. The summed E-state index contributed by atoms with van der Waals surface area (Å²) in [5.74, 6) is -1.91. The molecule has 2 heterocycles. The number of nitrogens with one attached hydrogen (secondary N) is 2. The van der Waals surface area contributed by atoms with Gasteiger partial charge in [-0.15, -0.1) is 5.10 Å². The van der Waals surface area contributed by atoms with Gasteiger partial charge in [0.25, 0.3) is 5.78 Å². The van der Waals surface area contributed by atoms with Crippen LogP contribution in [0, 0.1) is 18.6 Å². The zero-order chi connectivity index (χ0) is 27.9. The number of carbonyl (C=O) groups is 1. The van der Waals surface area contributed by atoms with Gasteiger partial charge in [0.15, 0.2) is 0 Å². The minimum atomic E-state index is -1.04. The number of nitrogens with zero attached hydrogens (tertiary/aromatic N) is 4. The summed E-state index contributed by atoms with van der Waals surface area (Å²) in [6.07, 6.45) is -0.116. The lowest BCUT2D eigenvalue weighted by atomic mass is 10.0. The van der Waals surface area contributed by atoms with Gasteiger partial charge in [0, 0.05) is 30.9 Å². The van der Waals surface area contributed by atoms with Gasteiger partial charge in [-0.2, -0.15) is 9.50 Å². The highest BCUT2D eigenvalue weighted by atomic mass is 32.2. The average Bonchev–Trinajstić information content (AvgIpc) is 3.30. The van der Waals surface area contributed by atoms with Crippen LogP contribution in [-0.2, 0) is 24.2 Å². The van der Waals surface area contributed by atoms with Crippen LogP contribution in [0.1, 0.15) is 29.3 Å². The van der Waals surface area contributed by atoms with Gasteiger partial charge in [-0.05, 0) is 48.6 Å². The second-order valence-electron chi connectivity index (χ2n) is 9.18. The van der Waals surface area contributed by atoms with E-state index in [0.29, 0.717) is 17.8 Å². The van der Waals surface area contributed by atoms with Crippen molar-refractivity contribution in [1.82, 2.24) is 30.2 Å². The van der Waals surface area contributed by atoms with Gasteiger partial charge in [-0.3, -0.25) is 4.79 Å². The van der Waals surface area contributed by atoms with Crippen LogP contribution in [0.25, 0.3) is 5.78 Å². The van der Waals surface area contributed by atoms with Crippen LogP contribution < -0.4 is 10.6 Å². The molecule has 0 fully saturated rings. The number of aromatic nitrogens is 4. The predicted molar refractivity (Wildman–Crippen MR) is 143 cm³/mol. The average molecular weight is 557 g/mol. The molecule has 0 aliphatic rings. The Bertz CT molecular complexity index is 1430. The minimum Gasteiger partial charge on any atom is -0.493 e. The Labute approximate surface area is 228 Å². The molecule has 39 heavy (non-hydrogen) atoms. The molecule has 0 spiro atoms. The van der Waals surface area contributed by atoms with Gasteiger partial charge < -0.3 is 20.8 Å². The highest BCUT2D eigenvalue weighted by Gasteiger charge is 2.23. The molecule has 0 saturated carbocycles. The molecule has 1 amide bonds. The third-order valence-corrected chi connectivity index (χ3v) is 6.84. The van der Waals surface area contributed by atoms with Crippen molar-refractivity contribution in [2.24, 2.45) is 0 Å². The van der Waals surface area contributed by atoms with Crippen LogP contribution in [-0.4, -0.2) is 60.1 Å². The van der Waals surface area contributed by atoms with E-state index in [9.17, 15) is 23.8 Å². The third-order valence-electron chi connectivity index (χ3n) is 6.01. The smallest absolute Gasteiger partial charge is 0.256 e. The Morgan fingerprint density at radius 3 is 2.56 bits per heavy atom. The van der Waals surface area contributed by atoms with Crippen LogP contribution >= 0.6 is 11.8 Å². The lowest BCUT2D eigenvalue weighted by Gasteiger charge is -2.25. The molecule has 4 rings (SSSR count). The zero-order valence-electron chi connectivity index (χ0n) is 21.6. The number of halogens is 2. The summed E-state index contributed by atoms with van der Waals surface area (Å²) < 4.78 is 28.8. The number of amides is 1. The van der Waals surface area contributed by atoms with Crippen molar-refractivity contribution in [3.8, 4) is 5.88 Å². The molecule has 2 aromatic carbocycles. The number of aliphatic hydroxyl groups excluding tert-OH is 1. The minimum absolute atomic E-state index is 0.0168. The summed E-state index contributed by atoms with van der Waals surface area (Å²) in [6.45, 7) is 4.44. The molecule has 0 bridgehead atoms. The number of aliphatic hydroxyl groups is 1. The Morgan fingerprint density at radius 2 is 1.82 bits per heavy atom. The van der Waals surface area contributed by atoms with Gasteiger partial charge in [-0.1, -0.05) is 43.0 Å². The molecule has 0 aliphatic heterocycles. The molecule has 4 N–H and O–H groups in total.